The Bertz CT molecular complexity index is 782. The van der Waals surface area contributed by atoms with Crippen LogP contribution < -0.4 is 4.72 Å². The Morgan fingerprint density at radius 1 is 0.963 bits per heavy atom. The molecule has 0 aromatic heterocycles. The molecule has 0 saturated heterocycles. The lowest BCUT2D eigenvalue weighted by Crippen LogP contribution is -2.57. The third kappa shape index (κ3) is 5.06. The van der Waals surface area contributed by atoms with Gasteiger partial charge in [-0.3, -0.25) is 4.79 Å². The van der Waals surface area contributed by atoms with Gasteiger partial charge in [0.2, 0.25) is 0 Å². The van der Waals surface area contributed by atoms with Crippen molar-refractivity contribution in [3.63, 3.8) is 0 Å². The van der Waals surface area contributed by atoms with Gasteiger partial charge < -0.3 is 0 Å². The summed E-state index contributed by atoms with van der Waals surface area (Å²) in [6, 6.07) is 6.34. The lowest BCUT2D eigenvalue weighted by molar-refractivity contribution is -0.442. The van der Waals surface area contributed by atoms with Crippen LogP contribution in [0, 0.1) is 0 Å². The number of nitrogens with one attached hydrogen (secondary N) is 1. The van der Waals surface area contributed by atoms with Gasteiger partial charge in [0, 0.05) is 5.56 Å². The number of rotatable bonds is 9. The van der Waals surface area contributed by atoms with Crippen molar-refractivity contribution < 1.29 is 53.1 Å². The van der Waals surface area contributed by atoms with E-state index in [9.17, 15) is 48.3 Å². The average molecular weight is 450 g/mol. The quantitative estimate of drug-likeness (QED) is 0.356. The second kappa shape index (κ2) is 7.48. The van der Waals surface area contributed by atoms with E-state index in [-0.39, 0.29) is 5.56 Å². The lowest BCUT2D eigenvalue weighted by atomic mass is 10.1. The van der Waals surface area contributed by atoms with E-state index in [1.807, 2.05) is 4.74 Å². The van der Waals surface area contributed by atoms with Crippen LogP contribution in [0.2, 0.25) is 0 Å². The SMILES string of the molecule is O=C(CNS(=O)(=O)C(F)(F)C(F)(F)OC(F)(F)C(F)(F)Cl)c1ccccc1. The highest BCUT2D eigenvalue weighted by atomic mass is 35.5. The van der Waals surface area contributed by atoms with Crippen LogP contribution in [0.1, 0.15) is 10.4 Å². The number of hydrogen-bond acceptors (Lipinski definition) is 4. The van der Waals surface area contributed by atoms with E-state index in [4.69, 9.17) is 0 Å². The van der Waals surface area contributed by atoms with Gasteiger partial charge in [0.15, 0.2) is 5.78 Å². The largest absolute Gasteiger partial charge is 0.448 e. The third-order valence-electron chi connectivity index (χ3n) is 2.78. The number of carbonyl (C=O) groups is 1. The molecular weight excluding hydrogens is 442 g/mol. The second-order valence-corrected chi connectivity index (χ2v) is 7.05. The summed E-state index contributed by atoms with van der Waals surface area (Å²) in [6.07, 6.45) is -13.0. The normalized spacial score (nSPS) is 14.3. The van der Waals surface area contributed by atoms with Crippen LogP contribution in [0.4, 0.5) is 35.1 Å². The number of ether oxygens (including phenoxy) is 1. The number of sulfonamides is 1. The molecule has 0 bridgehead atoms. The molecule has 0 radical (unpaired) electrons. The first kappa shape index (κ1) is 23.5. The molecule has 0 unspecified atom stereocenters. The van der Waals surface area contributed by atoms with E-state index in [2.05, 4.69) is 11.6 Å². The first-order chi connectivity index (χ1) is 11.9. The average Bonchev–Trinajstić information content (AvgIpc) is 2.51. The molecule has 27 heavy (non-hydrogen) atoms. The van der Waals surface area contributed by atoms with Crippen molar-refractivity contribution in [1.29, 1.82) is 0 Å². The molecule has 5 nitrogen and oxygen atoms in total. The monoisotopic (exact) mass is 449 g/mol. The van der Waals surface area contributed by atoms with Crippen LogP contribution in [0.3, 0.4) is 0 Å². The minimum absolute atomic E-state index is 0.195. The molecule has 0 aliphatic carbocycles. The van der Waals surface area contributed by atoms with Crippen LogP contribution in [0.5, 0.6) is 0 Å². The van der Waals surface area contributed by atoms with Gasteiger partial charge in [0.25, 0.3) is 10.0 Å². The predicted octanol–water partition coefficient (Wildman–Crippen LogP) is 3.42. The van der Waals surface area contributed by atoms with Crippen molar-refractivity contribution in [2.75, 3.05) is 6.54 Å². The summed E-state index contributed by atoms with van der Waals surface area (Å²) in [5.74, 6) is -1.14. The van der Waals surface area contributed by atoms with Gasteiger partial charge in [-0.2, -0.15) is 35.1 Å². The smallest absolute Gasteiger partial charge is 0.293 e. The Morgan fingerprint density at radius 2 is 1.44 bits per heavy atom. The van der Waals surface area contributed by atoms with E-state index >= 15 is 0 Å². The fourth-order valence-corrected chi connectivity index (χ4v) is 2.31. The Kier molecular flexibility index (Phi) is 6.52. The summed E-state index contributed by atoms with van der Waals surface area (Å²) < 4.78 is 129. The van der Waals surface area contributed by atoms with Crippen molar-refractivity contribution in [3.8, 4) is 0 Å². The van der Waals surface area contributed by atoms with E-state index in [0.29, 0.717) is 0 Å². The number of halogens is 9. The number of alkyl halides is 9. The van der Waals surface area contributed by atoms with E-state index in [1.165, 1.54) is 18.2 Å². The molecule has 1 aromatic carbocycles. The maximum atomic E-state index is 13.5. The minimum atomic E-state index is -6.64. The highest BCUT2D eigenvalue weighted by Gasteiger charge is 2.73. The molecule has 0 atom stereocenters. The zero-order chi connectivity index (χ0) is 21.3. The summed E-state index contributed by atoms with van der Waals surface area (Å²) in [4.78, 5) is 11.6. The van der Waals surface area contributed by atoms with Crippen molar-refractivity contribution in [2.24, 2.45) is 0 Å². The van der Waals surface area contributed by atoms with Crippen LogP contribution in [-0.4, -0.2) is 43.6 Å². The number of hydrogen-bond donors (Lipinski definition) is 1. The first-order valence-corrected chi connectivity index (χ1v) is 8.28. The Hall–Kier alpha value is -1.51. The van der Waals surface area contributed by atoms with Crippen molar-refractivity contribution in [3.05, 3.63) is 35.9 Å². The third-order valence-corrected chi connectivity index (χ3v) is 4.44. The molecule has 0 aliphatic heterocycles. The van der Waals surface area contributed by atoms with E-state index in [1.54, 1.807) is 0 Å². The molecule has 1 N–H and O–H groups in total. The van der Waals surface area contributed by atoms with E-state index < -0.39 is 45.2 Å². The maximum absolute atomic E-state index is 13.5. The van der Waals surface area contributed by atoms with Gasteiger partial charge in [-0.1, -0.05) is 30.3 Å². The van der Waals surface area contributed by atoms with Crippen molar-refractivity contribution in [1.82, 2.24) is 4.72 Å². The number of Topliss-reactive ketones (excluding diaryl/α,β-unsaturated/α-hetero) is 1. The van der Waals surface area contributed by atoms with Gasteiger partial charge in [0.05, 0.1) is 6.54 Å². The van der Waals surface area contributed by atoms with Crippen LogP contribution in [-0.2, 0) is 14.8 Å². The summed E-state index contributed by atoms with van der Waals surface area (Å²) in [6.45, 7) is -1.46. The van der Waals surface area contributed by atoms with Gasteiger partial charge in [0.1, 0.15) is 0 Å². The summed E-state index contributed by atoms with van der Waals surface area (Å²) in [5, 5.41) is -12.3. The van der Waals surface area contributed by atoms with Crippen LogP contribution >= 0.6 is 11.6 Å². The fourth-order valence-electron chi connectivity index (χ4n) is 1.41. The zero-order valence-corrected chi connectivity index (χ0v) is 14.1. The summed E-state index contributed by atoms with van der Waals surface area (Å²) in [7, 11) is -6.54. The molecule has 0 aliphatic rings. The molecule has 154 valence electrons. The second-order valence-electron chi connectivity index (χ2n) is 4.76. The van der Waals surface area contributed by atoms with Gasteiger partial charge in [-0.25, -0.2) is 17.9 Å². The maximum Gasteiger partial charge on any atom is 0.448 e. The predicted molar refractivity (Wildman–Crippen MR) is 74.4 cm³/mol. The first-order valence-electron chi connectivity index (χ1n) is 6.42. The Morgan fingerprint density at radius 3 is 1.89 bits per heavy atom. The molecule has 1 rings (SSSR count). The Labute approximate surface area is 151 Å². The van der Waals surface area contributed by atoms with Crippen LogP contribution in [0.15, 0.2) is 30.3 Å². The minimum Gasteiger partial charge on any atom is -0.293 e. The molecule has 0 saturated carbocycles. The number of benzene rings is 1. The number of ketones is 1. The topological polar surface area (TPSA) is 72.5 Å². The molecular formula is C12H8ClF8NO4S. The molecule has 0 heterocycles. The van der Waals surface area contributed by atoms with Gasteiger partial charge in [-0.05, 0) is 11.6 Å². The summed E-state index contributed by atoms with van der Waals surface area (Å²) >= 11 is 3.77. The van der Waals surface area contributed by atoms with E-state index in [0.717, 1.165) is 16.9 Å². The highest BCUT2D eigenvalue weighted by Crippen LogP contribution is 2.47. The summed E-state index contributed by atoms with van der Waals surface area (Å²) in [5.41, 5.74) is -0.195. The molecule has 1 aromatic rings. The molecule has 0 spiro atoms. The van der Waals surface area contributed by atoms with Crippen molar-refractivity contribution in [2.45, 2.75) is 22.9 Å². The highest BCUT2D eigenvalue weighted by molar-refractivity contribution is 7.90. The van der Waals surface area contributed by atoms with Crippen LogP contribution in [0.25, 0.3) is 0 Å². The Balaban J connectivity index is 3.00. The fraction of sp³-hybridized carbons (Fsp3) is 0.417. The van der Waals surface area contributed by atoms with Gasteiger partial charge >= 0.3 is 22.9 Å². The number of carbonyl (C=O) groups excluding carboxylic acids is 1. The molecule has 15 heteroatoms. The molecule has 0 amide bonds. The van der Waals surface area contributed by atoms with Gasteiger partial charge in [-0.15, -0.1) is 0 Å². The standard InChI is InChI=1S/C12H8ClF8NO4S/c13-9(14,15)10(16,17)26-11(18,19)12(20,21)27(24,25)22-6-8(23)7-4-2-1-3-5-7/h1-5,22H,6H2. The zero-order valence-electron chi connectivity index (χ0n) is 12.5. The lowest BCUT2D eigenvalue weighted by Gasteiger charge is -2.30. The molecule has 0 fully saturated rings. The van der Waals surface area contributed by atoms with Crippen molar-refractivity contribution >= 4 is 27.4 Å².